The van der Waals surface area contributed by atoms with Gasteiger partial charge >= 0.3 is 0 Å². The largest absolute Gasteiger partial charge is 0.299 e. The van der Waals surface area contributed by atoms with Crippen LogP contribution in [0.1, 0.15) is 12.8 Å². The Labute approximate surface area is 67.3 Å². The summed E-state index contributed by atoms with van der Waals surface area (Å²) in [6.45, 7) is 0. The summed E-state index contributed by atoms with van der Waals surface area (Å²) in [6.07, 6.45) is -0.861. The molecule has 0 aliphatic rings. The molecule has 0 aliphatic carbocycles. The van der Waals surface area contributed by atoms with Crippen LogP contribution in [0.5, 0.6) is 0 Å². The lowest BCUT2D eigenvalue weighted by molar-refractivity contribution is -0.125. The SMILES string of the molecule is O=C(Cl)CC(=O)CC(=O)Cl. The molecule has 0 radical (unpaired) electrons. The first-order chi connectivity index (χ1) is 4.52. The van der Waals surface area contributed by atoms with Crippen LogP contribution in [0.2, 0.25) is 0 Å². The molecule has 0 spiro atoms. The van der Waals surface area contributed by atoms with E-state index in [1.165, 1.54) is 0 Å². The Kier molecular flexibility index (Phi) is 4.23. The van der Waals surface area contributed by atoms with E-state index in [0.717, 1.165) is 0 Å². The van der Waals surface area contributed by atoms with Crippen LogP contribution in [0.25, 0.3) is 0 Å². The maximum absolute atomic E-state index is 10.5. The molecule has 0 bridgehead atoms. The number of halogens is 2. The third kappa shape index (κ3) is 5.72. The molecular formula is C5H4Cl2O3. The summed E-state index contributed by atoms with van der Waals surface area (Å²) >= 11 is 9.68. The molecule has 10 heavy (non-hydrogen) atoms. The predicted octanol–water partition coefficient (Wildman–Crippen LogP) is 0.867. The van der Waals surface area contributed by atoms with Crippen LogP contribution >= 0.6 is 23.2 Å². The minimum absolute atomic E-state index is 0.431. The third-order valence-corrected chi connectivity index (χ3v) is 0.940. The second-order valence-electron chi connectivity index (χ2n) is 1.60. The topological polar surface area (TPSA) is 51.2 Å². The molecule has 0 N–H and O–H groups in total. The molecule has 0 saturated heterocycles. The number of Topliss-reactive ketones (excluding diaryl/α,β-unsaturated/α-hetero) is 1. The van der Waals surface area contributed by atoms with Crippen LogP contribution < -0.4 is 0 Å². The molecule has 0 aromatic carbocycles. The highest BCUT2D eigenvalue weighted by molar-refractivity contribution is 6.67. The van der Waals surface area contributed by atoms with Crippen molar-refractivity contribution in [1.82, 2.24) is 0 Å². The number of hydrogen-bond acceptors (Lipinski definition) is 3. The minimum Gasteiger partial charge on any atom is -0.299 e. The van der Waals surface area contributed by atoms with Crippen LogP contribution in [0.15, 0.2) is 0 Å². The molecule has 0 heterocycles. The fourth-order valence-electron chi connectivity index (χ4n) is 0.373. The number of hydrogen-bond donors (Lipinski definition) is 0. The zero-order valence-electron chi connectivity index (χ0n) is 4.89. The van der Waals surface area contributed by atoms with Crippen molar-refractivity contribution in [3.05, 3.63) is 0 Å². The number of carbonyl (C=O) groups is 3. The van der Waals surface area contributed by atoms with Gasteiger partial charge in [-0.1, -0.05) is 0 Å². The highest BCUT2D eigenvalue weighted by Gasteiger charge is 2.09. The van der Waals surface area contributed by atoms with Crippen LogP contribution in [0.3, 0.4) is 0 Å². The van der Waals surface area contributed by atoms with Gasteiger partial charge in [-0.3, -0.25) is 14.4 Å². The summed E-state index contributed by atoms with van der Waals surface area (Å²) < 4.78 is 0. The zero-order valence-corrected chi connectivity index (χ0v) is 6.41. The molecule has 0 atom stereocenters. The normalized spacial score (nSPS) is 9.00. The van der Waals surface area contributed by atoms with Gasteiger partial charge in [0.1, 0.15) is 5.78 Å². The smallest absolute Gasteiger partial charge is 0.229 e. The van der Waals surface area contributed by atoms with E-state index in [4.69, 9.17) is 23.2 Å². The van der Waals surface area contributed by atoms with Crippen LogP contribution in [0, 0.1) is 0 Å². The van der Waals surface area contributed by atoms with Crippen LogP contribution in [-0.2, 0) is 14.4 Å². The third-order valence-electron chi connectivity index (χ3n) is 0.672. The zero-order chi connectivity index (χ0) is 8.15. The summed E-state index contributed by atoms with van der Waals surface area (Å²) in [6, 6.07) is 0. The fourth-order valence-corrected chi connectivity index (χ4v) is 0.671. The van der Waals surface area contributed by atoms with E-state index in [1.54, 1.807) is 0 Å². The first kappa shape index (κ1) is 9.59. The summed E-state index contributed by atoms with van der Waals surface area (Å²) in [7, 11) is 0. The van der Waals surface area contributed by atoms with E-state index < -0.39 is 29.1 Å². The molecule has 0 amide bonds. The summed E-state index contributed by atoms with van der Waals surface area (Å²) in [5.41, 5.74) is 0. The molecule has 0 saturated carbocycles. The summed E-state index contributed by atoms with van der Waals surface area (Å²) in [4.78, 5) is 30.5. The van der Waals surface area contributed by atoms with Gasteiger partial charge < -0.3 is 0 Å². The molecular weight excluding hydrogens is 179 g/mol. The van der Waals surface area contributed by atoms with Gasteiger partial charge in [-0.05, 0) is 23.2 Å². The second kappa shape index (κ2) is 4.41. The quantitative estimate of drug-likeness (QED) is 0.479. The standard InChI is InChI=1S/C5H4Cl2O3/c6-4(9)1-3(8)2-5(7)10/h1-2H2. The van der Waals surface area contributed by atoms with Crippen molar-refractivity contribution < 1.29 is 14.4 Å². The van der Waals surface area contributed by atoms with Gasteiger partial charge in [0.15, 0.2) is 0 Å². The number of rotatable bonds is 4. The van der Waals surface area contributed by atoms with Crippen LogP contribution in [0.4, 0.5) is 0 Å². The van der Waals surface area contributed by atoms with Crippen molar-refractivity contribution in [3.8, 4) is 0 Å². The van der Waals surface area contributed by atoms with Gasteiger partial charge in [0.05, 0.1) is 12.8 Å². The Morgan fingerprint density at radius 1 is 0.900 bits per heavy atom. The number of ketones is 1. The molecule has 0 rings (SSSR count). The summed E-state index contributed by atoms with van der Waals surface area (Å²) in [5, 5.41) is -1.55. The van der Waals surface area contributed by atoms with Crippen molar-refractivity contribution >= 4 is 39.5 Å². The van der Waals surface area contributed by atoms with Gasteiger partial charge in [0.2, 0.25) is 10.5 Å². The Balaban J connectivity index is 3.65. The van der Waals surface area contributed by atoms with E-state index >= 15 is 0 Å². The molecule has 0 aromatic heterocycles. The Morgan fingerprint density at radius 2 is 1.20 bits per heavy atom. The maximum atomic E-state index is 10.5. The first-order valence-corrected chi connectivity index (χ1v) is 3.16. The highest BCUT2D eigenvalue weighted by atomic mass is 35.5. The fraction of sp³-hybridized carbons (Fsp3) is 0.400. The van der Waals surface area contributed by atoms with Crippen LogP contribution in [-0.4, -0.2) is 16.3 Å². The highest BCUT2D eigenvalue weighted by Crippen LogP contribution is 1.97. The first-order valence-electron chi connectivity index (χ1n) is 2.40. The second-order valence-corrected chi connectivity index (χ2v) is 2.45. The van der Waals surface area contributed by atoms with Crippen molar-refractivity contribution in [2.45, 2.75) is 12.8 Å². The lowest BCUT2D eigenvalue weighted by Gasteiger charge is -1.88. The van der Waals surface area contributed by atoms with Gasteiger partial charge in [-0.25, -0.2) is 0 Å². The molecule has 56 valence electrons. The molecule has 0 unspecified atom stereocenters. The van der Waals surface area contributed by atoms with E-state index in [-0.39, 0.29) is 0 Å². The maximum Gasteiger partial charge on any atom is 0.229 e. The molecule has 0 aliphatic heterocycles. The molecule has 5 heteroatoms. The van der Waals surface area contributed by atoms with E-state index in [2.05, 4.69) is 0 Å². The van der Waals surface area contributed by atoms with Crippen molar-refractivity contribution in [1.29, 1.82) is 0 Å². The Hall–Kier alpha value is -0.410. The predicted molar refractivity (Wildman–Crippen MR) is 36.0 cm³/mol. The summed E-state index contributed by atoms with van der Waals surface area (Å²) in [5.74, 6) is -0.556. The van der Waals surface area contributed by atoms with Gasteiger partial charge in [0.25, 0.3) is 0 Å². The molecule has 0 aromatic rings. The van der Waals surface area contributed by atoms with E-state index in [0.29, 0.717) is 0 Å². The number of carbonyl (C=O) groups excluding carboxylic acids is 3. The van der Waals surface area contributed by atoms with Crippen molar-refractivity contribution in [2.24, 2.45) is 0 Å². The monoisotopic (exact) mass is 182 g/mol. The van der Waals surface area contributed by atoms with E-state index in [9.17, 15) is 14.4 Å². The lowest BCUT2D eigenvalue weighted by atomic mass is 10.2. The minimum atomic E-state index is -0.775. The Bertz CT molecular complexity index is 158. The van der Waals surface area contributed by atoms with Gasteiger partial charge in [-0.15, -0.1) is 0 Å². The average molecular weight is 183 g/mol. The van der Waals surface area contributed by atoms with E-state index in [1.807, 2.05) is 0 Å². The average Bonchev–Trinajstić information content (AvgIpc) is 1.58. The van der Waals surface area contributed by atoms with Crippen molar-refractivity contribution in [3.63, 3.8) is 0 Å². The lowest BCUT2D eigenvalue weighted by Crippen LogP contribution is -2.05. The van der Waals surface area contributed by atoms with Crippen molar-refractivity contribution in [2.75, 3.05) is 0 Å². The molecule has 0 fully saturated rings. The molecule has 3 nitrogen and oxygen atoms in total. The van der Waals surface area contributed by atoms with Gasteiger partial charge in [0, 0.05) is 0 Å². The van der Waals surface area contributed by atoms with Gasteiger partial charge in [-0.2, -0.15) is 0 Å². The Morgan fingerprint density at radius 3 is 1.40 bits per heavy atom.